The molecule has 140 valence electrons. The third-order valence-corrected chi connectivity index (χ3v) is 4.85. The van der Waals surface area contributed by atoms with E-state index in [1.165, 1.54) is 0 Å². The van der Waals surface area contributed by atoms with Crippen molar-refractivity contribution in [2.24, 2.45) is 0 Å². The third kappa shape index (κ3) is 3.34. The van der Waals surface area contributed by atoms with Crippen molar-refractivity contribution in [3.63, 3.8) is 0 Å². The molecule has 0 spiro atoms. The van der Waals surface area contributed by atoms with Gasteiger partial charge in [0.05, 0.1) is 43.4 Å². The van der Waals surface area contributed by atoms with Gasteiger partial charge in [0.25, 0.3) is 0 Å². The lowest BCUT2D eigenvalue weighted by Gasteiger charge is -2.42. The van der Waals surface area contributed by atoms with Gasteiger partial charge in [-0.05, 0) is 6.42 Å². The molecule has 0 unspecified atom stereocenters. The Hall–Kier alpha value is -2.33. The van der Waals surface area contributed by atoms with Crippen LogP contribution in [0.1, 0.15) is 12.5 Å². The third-order valence-electron chi connectivity index (χ3n) is 4.85. The summed E-state index contributed by atoms with van der Waals surface area (Å²) in [5.41, 5.74) is 0.626. The largest absolute Gasteiger partial charge is 0.378 e. The van der Waals surface area contributed by atoms with Gasteiger partial charge in [-0.25, -0.2) is 13.8 Å². The molecule has 2 aliphatic heterocycles. The number of anilines is 3. The van der Waals surface area contributed by atoms with Gasteiger partial charge in [-0.15, -0.1) is 0 Å². The molecule has 2 fully saturated rings. The maximum Gasteiger partial charge on any atom is 0.229 e. The molecule has 2 aliphatic rings. The number of likely N-dealkylation sites (tertiary alicyclic amines) is 1. The second-order valence-electron chi connectivity index (χ2n) is 6.53. The van der Waals surface area contributed by atoms with Crippen molar-refractivity contribution in [1.82, 2.24) is 24.6 Å². The molecule has 0 bridgehead atoms. The molecule has 0 amide bonds. The van der Waals surface area contributed by atoms with Crippen LogP contribution in [-0.4, -0.2) is 70.2 Å². The van der Waals surface area contributed by atoms with Gasteiger partial charge < -0.3 is 15.4 Å². The predicted molar refractivity (Wildman–Crippen MR) is 91.8 cm³/mol. The fourth-order valence-corrected chi connectivity index (χ4v) is 3.30. The second kappa shape index (κ2) is 7.12. The molecule has 0 saturated carbocycles. The molecular weight excluding hydrogens is 344 g/mol. The molecule has 0 radical (unpaired) electrons. The second-order valence-corrected chi connectivity index (χ2v) is 6.53. The maximum absolute atomic E-state index is 14.6. The maximum atomic E-state index is 14.6. The summed E-state index contributed by atoms with van der Waals surface area (Å²) in [6.45, 7) is 2.61. The van der Waals surface area contributed by atoms with E-state index in [0.29, 0.717) is 37.9 Å². The highest BCUT2D eigenvalue weighted by atomic mass is 19.1. The Morgan fingerprint density at radius 3 is 2.85 bits per heavy atom. The van der Waals surface area contributed by atoms with E-state index >= 15 is 0 Å². The van der Waals surface area contributed by atoms with E-state index in [2.05, 4.69) is 30.6 Å². The molecule has 26 heavy (non-hydrogen) atoms. The zero-order valence-electron chi connectivity index (χ0n) is 14.4. The van der Waals surface area contributed by atoms with E-state index in [-0.39, 0.29) is 17.8 Å². The van der Waals surface area contributed by atoms with E-state index in [0.717, 1.165) is 12.7 Å². The van der Waals surface area contributed by atoms with Crippen LogP contribution in [0, 0.1) is 5.82 Å². The van der Waals surface area contributed by atoms with Crippen LogP contribution < -0.4 is 10.6 Å². The van der Waals surface area contributed by atoms with Gasteiger partial charge in [0, 0.05) is 26.3 Å². The minimum absolute atomic E-state index is 0.103. The van der Waals surface area contributed by atoms with Crippen LogP contribution in [0.25, 0.3) is 0 Å². The number of hydrogen-bond donors (Lipinski definition) is 2. The standard InChI is InChI=1S/C16H21F2N7O/c1-19-15-12(17)5-20-16(23-15)22-10-4-21-25(6-10)14-2-3-24(7-13(14)18)11-8-26-9-11/h4-6,11,13-14H,2-3,7-9H2,1H3,(H2,19,20,22,23)/t13-,14-/m1/s1. The highest BCUT2D eigenvalue weighted by Crippen LogP contribution is 2.28. The Morgan fingerprint density at radius 1 is 1.31 bits per heavy atom. The summed E-state index contributed by atoms with van der Waals surface area (Å²) in [5.74, 6) is -0.185. The smallest absolute Gasteiger partial charge is 0.229 e. The first-order valence-corrected chi connectivity index (χ1v) is 8.61. The Bertz CT molecular complexity index is 767. The summed E-state index contributed by atoms with van der Waals surface area (Å²) in [4.78, 5) is 10.1. The topological polar surface area (TPSA) is 80.1 Å². The zero-order chi connectivity index (χ0) is 18.1. The molecule has 2 atom stereocenters. The lowest BCUT2D eigenvalue weighted by atomic mass is 10.0. The zero-order valence-corrected chi connectivity index (χ0v) is 14.4. The van der Waals surface area contributed by atoms with Crippen molar-refractivity contribution < 1.29 is 13.5 Å². The van der Waals surface area contributed by atoms with Crippen LogP contribution >= 0.6 is 0 Å². The first-order valence-electron chi connectivity index (χ1n) is 8.61. The molecule has 10 heteroatoms. The molecule has 8 nitrogen and oxygen atoms in total. The van der Waals surface area contributed by atoms with Crippen molar-refractivity contribution in [1.29, 1.82) is 0 Å². The summed E-state index contributed by atoms with van der Waals surface area (Å²) in [7, 11) is 1.58. The highest BCUT2D eigenvalue weighted by molar-refractivity contribution is 5.52. The van der Waals surface area contributed by atoms with Gasteiger partial charge in [-0.2, -0.15) is 10.1 Å². The van der Waals surface area contributed by atoms with Gasteiger partial charge >= 0.3 is 0 Å². The van der Waals surface area contributed by atoms with Gasteiger partial charge in [0.2, 0.25) is 5.95 Å². The number of alkyl halides is 1. The Kier molecular flexibility index (Phi) is 4.68. The van der Waals surface area contributed by atoms with Crippen molar-refractivity contribution >= 4 is 17.5 Å². The predicted octanol–water partition coefficient (Wildman–Crippen LogP) is 1.58. The molecular formula is C16H21F2N7O. The fraction of sp³-hybridized carbons (Fsp3) is 0.562. The number of rotatable bonds is 5. The van der Waals surface area contributed by atoms with Crippen LogP contribution in [-0.2, 0) is 4.74 Å². The summed E-state index contributed by atoms with van der Waals surface area (Å²) in [6, 6.07) is 0.0471. The molecule has 0 aromatic carbocycles. The fourth-order valence-electron chi connectivity index (χ4n) is 3.30. The number of nitrogens with zero attached hydrogens (tertiary/aromatic N) is 5. The molecule has 4 heterocycles. The van der Waals surface area contributed by atoms with Crippen LogP contribution in [0.5, 0.6) is 0 Å². The molecule has 2 saturated heterocycles. The monoisotopic (exact) mass is 365 g/mol. The molecule has 4 rings (SSSR count). The number of nitrogens with one attached hydrogen (secondary N) is 2. The van der Waals surface area contributed by atoms with Crippen LogP contribution in [0.2, 0.25) is 0 Å². The van der Waals surface area contributed by atoms with Crippen LogP contribution in [0.3, 0.4) is 0 Å². The minimum Gasteiger partial charge on any atom is -0.378 e. The quantitative estimate of drug-likeness (QED) is 0.833. The minimum atomic E-state index is -0.991. The first-order chi connectivity index (χ1) is 12.6. The average Bonchev–Trinajstić information content (AvgIpc) is 3.03. The van der Waals surface area contributed by atoms with Gasteiger partial charge in [0.1, 0.15) is 6.17 Å². The van der Waals surface area contributed by atoms with E-state index < -0.39 is 12.0 Å². The van der Waals surface area contributed by atoms with Crippen molar-refractivity contribution in [3.8, 4) is 0 Å². The van der Waals surface area contributed by atoms with Crippen molar-refractivity contribution in [3.05, 3.63) is 24.4 Å². The number of aromatic nitrogens is 4. The number of piperidine rings is 1. The van der Waals surface area contributed by atoms with E-state index in [9.17, 15) is 8.78 Å². The Morgan fingerprint density at radius 2 is 2.15 bits per heavy atom. The molecule has 2 N–H and O–H groups in total. The Labute approximate surface area is 149 Å². The van der Waals surface area contributed by atoms with Gasteiger partial charge in [0.15, 0.2) is 11.6 Å². The Balaban J connectivity index is 1.41. The normalized spacial score (nSPS) is 24.3. The molecule has 2 aromatic rings. The summed E-state index contributed by atoms with van der Waals surface area (Å²) in [5, 5.41) is 9.90. The molecule has 0 aliphatic carbocycles. The number of ether oxygens (including phenoxy) is 1. The van der Waals surface area contributed by atoms with E-state index in [4.69, 9.17) is 4.74 Å². The van der Waals surface area contributed by atoms with Gasteiger partial charge in [-0.1, -0.05) is 0 Å². The van der Waals surface area contributed by atoms with Crippen molar-refractivity contribution in [2.45, 2.75) is 24.7 Å². The van der Waals surface area contributed by atoms with Crippen LogP contribution in [0.4, 0.5) is 26.2 Å². The van der Waals surface area contributed by atoms with E-state index in [1.807, 2.05) is 0 Å². The SMILES string of the molecule is CNc1nc(Nc2cnn([C@@H]3CCN(C4COC4)C[C@H]3F)c2)ncc1F. The number of halogens is 2. The van der Waals surface area contributed by atoms with E-state index in [1.54, 1.807) is 24.1 Å². The highest BCUT2D eigenvalue weighted by Gasteiger charge is 2.36. The average molecular weight is 365 g/mol. The van der Waals surface area contributed by atoms with Gasteiger partial charge in [-0.3, -0.25) is 9.58 Å². The summed E-state index contributed by atoms with van der Waals surface area (Å²) >= 11 is 0. The van der Waals surface area contributed by atoms with Crippen molar-refractivity contribution in [2.75, 3.05) is 44.0 Å². The number of hydrogen-bond acceptors (Lipinski definition) is 7. The lowest BCUT2D eigenvalue weighted by molar-refractivity contribution is -0.0847. The summed E-state index contributed by atoms with van der Waals surface area (Å²) in [6.07, 6.45) is 4.10. The molecule has 2 aromatic heterocycles. The summed E-state index contributed by atoms with van der Waals surface area (Å²) < 4.78 is 34.9. The lowest BCUT2D eigenvalue weighted by Crippen LogP contribution is -2.55. The van der Waals surface area contributed by atoms with Crippen LogP contribution in [0.15, 0.2) is 18.6 Å². The first kappa shape index (κ1) is 17.1.